The highest BCUT2D eigenvalue weighted by atomic mass is 16.5. The fourth-order valence-corrected chi connectivity index (χ4v) is 2.18. The molecule has 0 aliphatic rings. The Kier molecular flexibility index (Phi) is 13.8. The average molecular weight is 287 g/mol. The zero-order valence-electron chi connectivity index (χ0n) is 14.2. The Bertz CT molecular complexity index is 197. The van der Waals surface area contributed by atoms with Gasteiger partial charge in [-0.2, -0.15) is 0 Å². The predicted molar refractivity (Wildman–Crippen MR) is 87.1 cm³/mol. The van der Waals surface area contributed by atoms with Crippen LogP contribution in [0.15, 0.2) is 0 Å². The molecule has 0 fully saturated rings. The molecule has 2 N–H and O–H groups in total. The van der Waals surface area contributed by atoms with Crippen molar-refractivity contribution >= 4 is 0 Å². The van der Waals surface area contributed by atoms with E-state index in [4.69, 9.17) is 4.74 Å². The lowest BCUT2D eigenvalue weighted by atomic mass is 10.0. The summed E-state index contributed by atoms with van der Waals surface area (Å²) < 4.78 is 5.50. The minimum absolute atomic E-state index is 0.381. The summed E-state index contributed by atoms with van der Waals surface area (Å²) in [4.78, 5) is 0. The van der Waals surface area contributed by atoms with Crippen LogP contribution in [0.25, 0.3) is 0 Å². The fraction of sp³-hybridized carbons (Fsp3) is 1.00. The van der Waals surface area contributed by atoms with Crippen molar-refractivity contribution in [2.24, 2.45) is 5.92 Å². The first kappa shape index (κ1) is 19.9. The Morgan fingerprint density at radius 3 is 2.40 bits per heavy atom. The van der Waals surface area contributed by atoms with Crippen molar-refractivity contribution < 1.29 is 9.84 Å². The predicted octanol–water partition coefficient (Wildman–Crippen LogP) is 3.75. The average Bonchev–Trinajstić information content (AvgIpc) is 2.40. The van der Waals surface area contributed by atoms with Gasteiger partial charge in [-0.15, -0.1) is 0 Å². The third kappa shape index (κ3) is 14.3. The first-order valence-electron chi connectivity index (χ1n) is 8.55. The van der Waals surface area contributed by atoms with Crippen molar-refractivity contribution in [1.82, 2.24) is 5.32 Å². The van der Waals surface area contributed by atoms with E-state index in [0.29, 0.717) is 19.2 Å². The number of aliphatic hydroxyl groups is 1. The zero-order valence-corrected chi connectivity index (χ0v) is 14.2. The normalized spacial score (nSPS) is 14.7. The Labute approximate surface area is 126 Å². The maximum absolute atomic E-state index is 9.83. The molecule has 122 valence electrons. The second-order valence-corrected chi connectivity index (χ2v) is 6.42. The second kappa shape index (κ2) is 13.8. The first-order valence-corrected chi connectivity index (χ1v) is 8.55. The highest BCUT2D eigenvalue weighted by molar-refractivity contribution is 4.65. The lowest BCUT2D eigenvalue weighted by Gasteiger charge is -2.17. The van der Waals surface area contributed by atoms with Crippen LogP contribution < -0.4 is 5.32 Å². The molecule has 3 heteroatoms. The van der Waals surface area contributed by atoms with Crippen LogP contribution in [0.5, 0.6) is 0 Å². The number of aliphatic hydroxyl groups excluding tert-OH is 1. The van der Waals surface area contributed by atoms with Gasteiger partial charge in [0.05, 0.1) is 12.7 Å². The van der Waals surface area contributed by atoms with E-state index < -0.39 is 0 Å². The van der Waals surface area contributed by atoms with Crippen molar-refractivity contribution in [3.8, 4) is 0 Å². The molecule has 0 bridgehead atoms. The van der Waals surface area contributed by atoms with Gasteiger partial charge in [-0.1, -0.05) is 52.9 Å². The Hall–Kier alpha value is -0.120. The van der Waals surface area contributed by atoms with E-state index >= 15 is 0 Å². The number of rotatable bonds is 14. The van der Waals surface area contributed by atoms with Gasteiger partial charge in [-0.05, 0) is 25.7 Å². The molecule has 0 spiro atoms. The highest BCUT2D eigenvalue weighted by Crippen LogP contribution is 2.08. The number of unbranched alkanes of at least 4 members (excludes halogenated alkanes) is 3. The van der Waals surface area contributed by atoms with E-state index in [1.165, 1.54) is 38.5 Å². The van der Waals surface area contributed by atoms with Crippen LogP contribution in [0.4, 0.5) is 0 Å². The van der Waals surface area contributed by atoms with E-state index in [9.17, 15) is 5.11 Å². The molecule has 0 amide bonds. The van der Waals surface area contributed by atoms with E-state index in [0.717, 1.165) is 18.9 Å². The molecule has 0 saturated carbocycles. The fourth-order valence-electron chi connectivity index (χ4n) is 2.18. The summed E-state index contributed by atoms with van der Waals surface area (Å²) >= 11 is 0. The van der Waals surface area contributed by atoms with Gasteiger partial charge >= 0.3 is 0 Å². The molecule has 2 unspecified atom stereocenters. The summed E-state index contributed by atoms with van der Waals surface area (Å²) in [5.41, 5.74) is 0. The quantitative estimate of drug-likeness (QED) is 0.478. The van der Waals surface area contributed by atoms with Crippen molar-refractivity contribution in [1.29, 1.82) is 0 Å². The van der Waals surface area contributed by atoms with Crippen molar-refractivity contribution in [3.05, 3.63) is 0 Å². The molecule has 0 aliphatic heterocycles. The maximum Gasteiger partial charge on any atom is 0.0897 e. The SMILES string of the molecule is CCCCCCOCC(O)CNC(C)CCCC(C)C. The standard InChI is InChI=1S/C17H37NO2/c1-5-6-7-8-12-20-14-17(19)13-18-16(4)11-9-10-15(2)3/h15-19H,5-14H2,1-4H3. The maximum atomic E-state index is 9.83. The van der Waals surface area contributed by atoms with Crippen LogP contribution in [0.1, 0.15) is 72.6 Å². The second-order valence-electron chi connectivity index (χ2n) is 6.42. The third-order valence-corrected chi connectivity index (χ3v) is 3.57. The largest absolute Gasteiger partial charge is 0.389 e. The van der Waals surface area contributed by atoms with E-state index in [2.05, 4.69) is 33.0 Å². The summed E-state index contributed by atoms with van der Waals surface area (Å²) in [5.74, 6) is 0.786. The topological polar surface area (TPSA) is 41.5 Å². The third-order valence-electron chi connectivity index (χ3n) is 3.57. The highest BCUT2D eigenvalue weighted by Gasteiger charge is 2.07. The van der Waals surface area contributed by atoms with Crippen LogP contribution in [-0.2, 0) is 4.74 Å². The molecule has 0 rings (SSSR count). The van der Waals surface area contributed by atoms with Gasteiger partial charge in [0.25, 0.3) is 0 Å². The van der Waals surface area contributed by atoms with Gasteiger partial charge in [0.1, 0.15) is 0 Å². The van der Waals surface area contributed by atoms with Crippen LogP contribution in [0, 0.1) is 5.92 Å². The molecule has 2 atom stereocenters. The van der Waals surface area contributed by atoms with Crippen molar-refractivity contribution in [2.45, 2.75) is 84.8 Å². The summed E-state index contributed by atoms with van der Waals surface area (Å²) in [6.45, 7) is 10.8. The van der Waals surface area contributed by atoms with Crippen LogP contribution in [0.2, 0.25) is 0 Å². The number of hydrogen-bond acceptors (Lipinski definition) is 3. The molecule has 0 aromatic heterocycles. The molecular formula is C17H37NO2. The molecule has 0 aromatic rings. The van der Waals surface area contributed by atoms with Crippen LogP contribution >= 0.6 is 0 Å². The summed E-state index contributed by atoms with van der Waals surface area (Å²) in [6.07, 6.45) is 8.22. The zero-order chi connectivity index (χ0) is 15.2. The minimum Gasteiger partial charge on any atom is -0.389 e. The lowest BCUT2D eigenvalue weighted by molar-refractivity contribution is 0.0342. The minimum atomic E-state index is -0.381. The molecule has 20 heavy (non-hydrogen) atoms. The number of ether oxygens (including phenoxy) is 1. The van der Waals surface area contributed by atoms with E-state index in [-0.39, 0.29) is 6.10 Å². The molecule has 0 saturated heterocycles. The van der Waals surface area contributed by atoms with Crippen molar-refractivity contribution in [2.75, 3.05) is 19.8 Å². The molecule has 0 radical (unpaired) electrons. The number of nitrogens with one attached hydrogen (secondary N) is 1. The van der Waals surface area contributed by atoms with Gasteiger partial charge in [0.2, 0.25) is 0 Å². The molecule has 0 aromatic carbocycles. The molecular weight excluding hydrogens is 250 g/mol. The Morgan fingerprint density at radius 2 is 1.75 bits per heavy atom. The summed E-state index contributed by atoms with van der Waals surface area (Å²) in [5, 5.41) is 13.2. The van der Waals surface area contributed by atoms with Crippen LogP contribution in [-0.4, -0.2) is 37.0 Å². The van der Waals surface area contributed by atoms with E-state index in [1.807, 2.05) is 0 Å². The molecule has 0 aliphatic carbocycles. The van der Waals surface area contributed by atoms with Gasteiger partial charge in [0.15, 0.2) is 0 Å². The van der Waals surface area contributed by atoms with Crippen molar-refractivity contribution in [3.63, 3.8) is 0 Å². The van der Waals surface area contributed by atoms with Gasteiger partial charge in [0, 0.05) is 19.2 Å². The van der Waals surface area contributed by atoms with E-state index in [1.54, 1.807) is 0 Å². The lowest BCUT2D eigenvalue weighted by Crippen LogP contribution is -2.36. The summed E-state index contributed by atoms with van der Waals surface area (Å²) in [7, 11) is 0. The molecule has 0 heterocycles. The number of hydrogen-bond donors (Lipinski definition) is 2. The summed E-state index contributed by atoms with van der Waals surface area (Å²) in [6, 6.07) is 0.480. The Balaban J connectivity index is 3.36. The smallest absolute Gasteiger partial charge is 0.0897 e. The first-order chi connectivity index (χ1) is 9.56. The Morgan fingerprint density at radius 1 is 1.00 bits per heavy atom. The van der Waals surface area contributed by atoms with Gasteiger partial charge < -0.3 is 15.2 Å². The van der Waals surface area contributed by atoms with Gasteiger partial charge in [-0.25, -0.2) is 0 Å². The van der Waals surface area contributed by atoms with Gasteiger partial charge in [-0.3, -0.25) is 0 Å². The monoisotopic (exact) mass is 287 g/mol. The molecule has 3 nitrogen and oxygen atoms in total. The van der Waals surface area contributed by atoms with Crippen LogP contribution in [0.3, 0.4) is 0 Å².